The Labute approximate surface area is 143 Å². The van der Waals surface area contributed by atoms with Crippen LogP contribution in [-0.4, -0.2) is 36.9 Å². The molecule has 5 heteroatoms. The molecule has 0 aromatic heterocycles. The van der Waals surface area contributed by atoms with Crippen molar-refractivity contribution in [2.24, 2.45) is 5.92 Å². The topological polar surface area (TPSA) is 58.6 Å². The van der Waals surface area contributed by atoms with E-state index in [1.807, 2.05) is 31.2 Å². The van der Waals surface area contributed by atoms with Crippen LogP contribution in [0, 0.1) is 5.92 Å². The number of carbonyl (C=O) groups is 1. The number of aliphatic hydroxyl groups is 1. The van der Waals surface area contributed by atoms with Gasteiger partial charge in [-0.3, -0.25) is 4.79 Å². The van der Waals surface area contributed by atoms with Gasteiger partial charge < -0.3 is 15.2 Å². The Bertz CT molecular complexity index is 527. The van der Waals surface area contributed by atoms with Crippen LogP contribution in [-0.2, 0) is 14.9 Å². The molecule has 1 saturated heterocycles. The van der Waals surface area contributed by atoms with E-state index in [1.165, 1.54) is 0 Å². The van der Waals surface area contributed by atoms with Crippen molar-refractivity contribution in [3.63, 3.8) is 0 Å². The first-order chi connectivity index (χ1) is 10.9. The second-order valence-corrected chi connectivity index (χ2v) is 7.04. The number of nitrogens with one attached hydrogen (secondary N) is 1. The first-order valence-corrected chi connectivity index (χ1v) is 8.62. The van der Waals surface area contributed by atoms with Gasteiger partial charge in [-0.2, -0.15) is 0 Å². The van der Waals surface area contributed by atoms with E-state index in [0.717, 1.165) is 5.56 Å². The Kier molecular flexibility index (Phi) is 6.45. The van der Waals surface area contributed by atoms with Crippen molar-refractivity contribution < 1.29 is 14.6 Å². The lowest BCUT2D eigenvalue weighted by Gasteiger charge is -2.36. The van der Waals surface area contributed by atoms with Gasteiger partial charge in [0.15, 0.2) is 0 Å². The zero-order valence-electron chi connectivity index (χ0n) is 13.8. The van der Waals surface area contributed by atoms with Crippen LogP contribution in [0.1, 0.15) is 38.7 Å². The first kappa shape index (κ1) is 18.2. The van der Waals surface area contributed by atoms with Gasteiger partial charge in [-0.15, -0.1) is 0 Å². The molecule has 2 N–H and O–H groups in total. The molecule has 0 aliphatic carbocycles. The summed E-state index contributed by atoms with van der Waals surface area (Å²) in [6.07, 6.45) is 1.63. The molecule has 1 aliphatic rings. The molecule has 2 unspecified atom stereocenters. The van der Waals surface area contributed by atoms with Gasteiger partial charge in [-0.25, -0.2) is 0 Å². The fourth-order valence-corrected chi connectivity index (χ4v) is 3.44. The molecule has 0 radical (unpaired) electrons. The molecular formula is C18H26ClNO3. The molecule has 1 heterocycles. The Morgan fingerprint density at radius 2 is 2.09 bits per heavy atom. The highest BCUT2D eigenvalue weighted by atomic mass is 35.5. The van der Waals surface area contributed by atoms with Gasteiger partial charge in [0.25, 0.3) is 0 Å². The summed E-state index contributed by atoms with van der Waals surface area (Å²) >= 11 is 6.12. The number of benzene rings is 1. The lowest BCUT2D eigenvalue weighted by atomic mass is 9.73. The van der Waals surface area contributed by atoms with E-state index in [4.69, 9.17) is 16.3 Å². The van der Waals surface area contributed by atoms with Crippen molar-refractivity contribution in [2.75, 3.05) is 19.8 Å². The van der Waals surface area contributed by atoms with E-state index >= 15 is 0 Å². The normalized spacial score (nSPS) is 19.8. The molecule has 1 fully saturated rings. The molecular weight excluding hydrogens is 314 g/mol. The molecule has 1 aromatic carbocycles. The van der Waals surface area contributed by atoms with Gasteiger partial charge in [-0.1, -0.05) is 30.7 Å². The molecule has 0 bridgehead atoms. The fraction of sp³-hybridized carbons (Fsp3) is 0.611. The monoisotopic (exact) mass is 339 g/mol. The minimum absolute atomic E-state index is 0.0282. The van der Waals surface area contributed by atoms with Crippen molar-refractivity contribution in [1.29, 1.82) is 0 Å². The molecule has 2 atom stereocenters. The molecule has 23 heavy (non-hydrogen) atoms. The average molecular weight is 340 g/mol. The van der Waals surface area contributed by atoms with Crippen LogP contribution >= 0.6 is 11.6 Å². The number of aliphatic hydroxyl groups excluding tert-OH is 1. The van der Waals surface area contributed by atoms with Crippen molar-refractivity contribution in [2.45, 2.75) is 44.6 Å². The summed E-state index contributed by atoms with van der Waals surface area (Å²) in [6.45, 7) is 5.51. The molecule has 4 nitrogen and oxygen atoms in total. The minimum Gasteiger partial charge on any atom is -0.393 e. The Morgan fingerprint density at radius 1 is 1.39 bits per heavy atom. The van der Waals surface area contributed by atoms with Gasteiger partial charge in [0.2, 0.25) is 5.91 Å². The molecule has 128 valence electrons. The van der Waals surface area contributed by atoms with Crippen molar-refractivity contribution in [3.8, 4) is 0 Å². The second-order valence-electron chi connectivity index (χ2n) is 6.60. The standard InChI is InChI=1S/C18H26ClNO3/c1-13(10-14(2)21)12-20-17(22)18(6-8-23-9-7-18)15-4-3-5-16(19)11-15/h3-5,11,13-14,21H,6-10,12H2,1-2H3,(H,20,22). The lowest BCUT2D eigenvalue weighted by Crippen LogP contribution is -2.49. The predicted molar refractivity (Wildman–Crippen MR) is 91.7 cm³/mol. The summed E-state index contributed by atoms with van der Waals surface area (Å²) in [6, 6.07) is 7.56. The average Bonchev–Trinajstić information content (AvgIpc) is 2.52. The van der Waals surface area contributed by atoms with Crippen LogP contribution in [0.15, 0.2) is 24.3 Å². The summed E-state index contributed by atoms with van der Waals surface area (Å²) < 4.78 is 5.46. The van der Waals surface area contributed by atoms with Crippen LogP contribution in [0.5, 0.6) is 0 Å². The maximum absolute atomic E-state index is 12.9. The number of rotatable bonds is 6. The number of carbonyl (C=O) groups excluding carboxylic acids is 1. The molecule has 1 aliphatic heterocycles. The summed E-state index contributed by atoms with van der Waals surface area (Å²) in [5, 5.41) is 13.2. The lowest BCUT2D eigenvalue weighted by molar-refractivity contribution is -0.130. The van der Waals surface area contributed by atoms with E-state index in [9.17, 15) is 9.90 Å². The zero-order valence-corrected chi connectivity index (χ0v) is 14.6. The highest BCUT2D eigenvalue weighted by Gasteiger charge is 2.41. The third-order valence-electron chi connectivity index (χ3n) is 4.51. The highest BCUT2D eigenvalue weighted by molar-refractivity contribution is 6.30. The third-order valence-corrected chi connectivity index (χ3v) is 4.75. The third kappa shape index (κ3) is 4.69. The van der Waals surface area contributed by atoms with Gasteiger partial charge in [0, 0.05) is 24.8 Å². The minimum atomic E-state index is -0.576. The summed E-state index contributed by atoms with van der Waals surface area (Å²) in [7, 11) is 0. The smallest absolute Gasteiger partial charge is 0.230 e. The fourth-order valence-electron chi connectivity index (χ4n) is 3.25. The molecule has 0 saturated carbocycles. The van der Waals surface area contributed by atoms with Crippen LogP contribution in [0.25, 0.3) is 0 Å². The SMILES string of the molecule is CC(O)CC(C)CNC(=O)C1(c2cccc(Cl)c2)CCOCC1. The number of hydrogen-bond acceptors (Lipinski definition) is 3. The predicted octanol–water partition coefficient (Wildman–Crippen LogP) is 2.91. The quantitative estimate of drug-likeness (QED) is 0.837. The van der Waals surface area contributed by atoms with Gasteiger partial charge in [0.1, 0.15) is 0 Å². The first-order valence-electron chi connectivity index (χ1n) is 8.24. The number of halogens is 1. The summed E-state index contributed by atoms with van der Waals surface area (Å²) in [5.41, 5.74) is 0.377. The Hall–Kier alpha value is -1.10. The molecule has 0 spiro atoms. The van der Waals surface area contributed by atoms with Crippen molar-refractivity contribution >= 4 is 17.5 Å². The maximum atomic E-state index is 12.9. The van der Waals surface area contributed by atoms with Gasteiger partial charge >= 0.3 is 0 Å². The molecule has 1 amide bonds. The Morgan fingerprint density at radius 3 is 2.70 bits per heavy atom. The number of ether oxygens (including phenoxy) is 1. The van der Waals surface area contributed by atoms with E-state index in [0.29, 0.717) is 44.0 Å². The molecule has 2 rings (SSSR count). The summed E-state index contributed by atoms with van der Waals surface area (Å²) in [4.78, 5) is 12.9. The zero-order chi connectivity index (χ0) is 16.9. The Balaban J connectivity index is 2.13. The number of hydrogen-bond donors (Lipinski definition) is 2. The number of amides is 1. The van der Waals surface area contributed by atoms with E-state index in [2.05, 4.69) is 5.32 Å². The largest absolute Gasteiger partial charge is 0.393 e. The van der Waals surface area contributed by atoms with E-state index in [-0.39, 0.29) is 17.9 Å². The van der Waals surface area contributed by atoms with Crippen LogP contribution in [0.2, 0.25) is 5.02 Å². The van der Waals surface area contributed by atoms with Crippen LogP contribution in [0.4, 0.5) is 0 Å². The van der Waals surface area contributed by atoms with Crippen molar-refractivity contribution in [1.82, 2.24) is 5.32 Å². The summed E-state index contributed by atoms with van der Waals surface area (Å²) in [5.74, 6) is 0.260. The van der Waals surface area contributed by atoms with E-state index < -0.39 is 5.41 Å². The van der Waals surface area contributed by atoms with Gasteiger partial charge in [0.05, 0.1) is 11.5 Å². The second kappa shape index (κ2) is 8.13. The van der Waals surface area contributed by atoms with Crippen LogP contribution < -0.4 is 5.32 Å². The highest BCUT2D eigenvalue weighted by Crippen LogP contribution is 2.36. The molecule has 1 aromatic rings. The van der Waals surface area contributed by atoms with Crippen molar-refractivity contribution in [3.05, 3.63) is 34.9 Å². The van der Waals surface area contributed by atoms with E-state index in [1.54, 1.807) is 6.92 Å². The van der Waals surface area contributed by atoms with Gasteiger partial charge in [-0.05, 0) is 49.8 Å². The maximum Gasteiger partial charge on any atom is 0.230 e. The van der Waals surface area contributed by atoms with Crippen LogP contribution in [0.3, 0.4) is 0 Å².